The van der Waals surface area contributed by atoms with Crippen LogP contribution in [0.1, 0.15) is 46.0 Å². The van der Waals surface area contributed by atoms with E-state index in [1.54, 1.807) is 49.2 Å². The maximum absolute atomic E-state index is 14.0. The maximum atomic E-state index is 14.0. The number of carbonyl (C=O) groups excluding carboxylic acids is 1. The van der Waals surface area contributed by atoms with Gasteiger partial charge in [-0.25, -0.2) is 20.0 Å². The quantitative estimate of drug-likeness (QED) is 0.210. The molecule has 1 aromatic carbocycles. The first-order valence-electron chi connectivity index (χ1n) is 14.2. The number of imidazole rings is 1. The molecule has 1 amide bonds. The average molecular weight is 588 g/mol. The first-order chi connectivity index (χ1) is 19.8. The number of methoxy groups -OCH3 is 1. The molecule has 3 unspecified atom stereocenters. The predicted molar refractivity (Wildman–Crippen MR) is 157 cm³/mol. The summed E-state index contributed by atoms with van der Waals surface area (Å²) in [5, 5.41) is 5.94. The van der Waals surface area contributed by atoms with Gasteiger partial charge in [-0.2, -0.15) is 0 Å². The molecule has 2 aromatic heterocycles. The zero-order chi connectivity index (χ0) is 29.2. The molecule has 0 saturated heterocycles. The molecule has 1 aliphatic carbocycles. The zero-order valence-corrected chi connectivity index (χ0v) is 25.0. The van der Waals surface area contributed by atoms with Gasteiger partial charge in [0.1, 0.15) is 23.9 Å². The summed E-state index contributed by atoms with van der Waals surface area (Å²) in [6.07, 6.45) is 7.99. The second-order valence-corrected chi connectivity index (χ2v) is 12.7. The second-order valence-electron chi connectivity index (χ2n) is 10.7. The smallest absolute Gasteiger partial charge is 0.342 e. The van der Waals surface area contributed by atoms with E-state index < -0.39 is 13.6 Å². The molecule has 41 heavy (non-hydrogen) atoms. The Balaban J connectivity index is 1.33. The minimum Gasteiger partial charge on any atom is -0.431 e. The number of hydrogen-bond acceptors (Lipinski definition) is 9. The zero-order valence-electron chi connectivity index (χ0n) is 24.1. The van der Waals surface area contributed by atoms with E-state index in [9.17, 15) is 9.36 Å². The van der Waals surface area contributed by atoms with E-state index >= 15 is 0 Å². The average Bonchev–Trinajstić information content (AvgIpc) is 3.58. The van der Waals surface area contributed by atoms with E-state index in [4.69, 9.17) is 19.7 Å². The lowest BCUT2D eigenvalue weighted by molar-refractivity contribution is -0.122. The Morgan fingerprint density at radius 3 is 2.66 bits per heavy atom. The number of para-hydroxylation sites is 1. The van der Waals surface area contributed by atoms with Crippen molar-refractivity contribution < 1.29 is 23.4 Å². The van der Waals surface area contributed by atoms with Gasteiger partial charge in [-0.15, -0.1) is 0 Å². The third-order valence-corrected chi connectivity index (χ3v) is 9.29. The monoisotopic (exact) mass is 587 g/mol. The molecule has 0 radical (unpaired) electrons. The number of fused-ring (bicyclic) bond motifs is 1. The summed E-state index contributed by atoms with van der Waals surface area (Å²) in [5.74, 6) is 1.72. The van der Waals surface area contributed by atoms with Gasteiger partial charge in [-0.05, 0) is 50.7 Å². The fourth-order valence-corrected chi connectivity index (χ4v) is 7.16. The SMILES string of the molecule is COCCC1CCCC1CCNC(=O)[C@H](C)NP(=O)(CO[C@H](C)Cn1cnc2c(N)ncnc21)Oc1ccccc1. The Bertz CT molecular complexity index is 1310. The number of aromatic nitrogens is 4. The summed E-state index contributed by atoms with van der Waals surface area (Å²) in [6, 6.07) is 8.10. The lowest BCUT2D eigenvalue weighted by Crippen LogP contribution is -2.42. The van der Waals surface area contributed by atoms with Crippen molar-refractivity contribution in [3.8, 4) is 5.75 Å². The molecule has 0 aliphatic heterocycles. The number of nitrogens with one attached hydrogen (secondary N) is 2. The number of rotatable bonds is 16. The fourth-order valence-electron chi connectivity index (χ4n) is 5.36. The molecule has 1 saturated carbocycles. The molecular weight excluding hydrogens is 545 g/mol. The van der Waals surface area contributed by atoms with Gasteiger partial charge in [0.15, 0.2) is 11.5 Å². The summed E-state index contributed by atoms with van der Waals surface area (Å²) in [4.78, 5) is 25.5. The Labute approximate surface area is 241 Å². The topological polar surface area (TPSA) is 156 Å². The number of nitrogen functional groups attached to an aromatic ring is 1. The number of carbonyl (C=O) groups is 1. The lowest BCUT2D eigenvalue weighted by Gasteiger charge is -2.25. The van der Waals surface area contributed by atoms with Crippen LogP contribution in [0.4, 0.5) is 5.82 Å². The van der Waals surface area contributed by atoms with Crippen molar-refractivity contribution in [3.05, 3.63) is 43.0 Å². The van der Waals surface area contributed by atoms with E-state index in [1.807, 2.05) is 13.0 Å². The third-order valence-electron chi connectivity index (χ3n) is 7.52. The van der Waals surface area contributed by atoms with Gasteiger partial charge in [-0.1, -0.05) is 37.5 Å². The number of anilines is 1. The van der Waals surface area contributed by atoms with Gasteiger partial charge < -0.3 is 29.6 Å². The lowest BCUT2D eigenvalue weighted by atomic mass is 9.90. The van der Waals surface area contributed by atoms with Crippen molar-refractivity contribution in [3.63, 3.8) is 0 Å². The van der Waals surface area contributed by atoms with Crippen LogP contribution in [0.5, 0.6) is 5.75 Å². The summed E-state index contributed by atoms with van der Waals surface area (Å²) in [6.45, 7) is 5.26. The summed E-state index contributed by atoms with van der Waals surface area (Å²) < 4.78 is 32.9. The molecule has 0 bridgehead atoms. The van der Waals surface area contributed by atoms with E-state index in [0.29, 0.717) is 47.7 Å². The molecular formula is C28H42N7O5P. The van der Waals surface area contributed by atoms with Crippen molar-refractivity contribution >= 4 is 30.4 Å². The van der Waals surface area contributed by atoms with Crippen molar-refractivity contribution in [2.75, 3.05) is 32.3 Å². The van der Waals surface area contributed by atoms with Gasteiger partial charge in [0.2, 0.25) is 5.91 Å². The summed E-state index contributed by atoms with van der Waals surface area (Å²) >= 11 is 0. The van der Waals surface area contributed by atoms with Gasteiger partial charge in [-0.3, -0.25) is 9.36 Å². The Morgan fingerprint density at radius 2 is 1.90 bits per heavy atom. The van der Waals surface area contributed by atoms with Crippen LogP contribution in [-0.4, -0.2) is 64.2 Å². The van der Waals surface area contributed by atoms with E-state index in [-0.39, 0.29) is 18.4 Å². The van der Waals surface area contributed by atoms with Crippen LogP contribution < -0.4 is 20.7 Å². The molecule has 4 N–H and O–H groups in total. The number of nitrogens with two attached hydrogens (primary N) is 1. The third kappa shape index (κ3) is 8.72. The second kappa shape index (κ2) is 14.7. The predicted octanol–water partition coefficient (Wildman–Crippen LogP) is 3.98. The molecule has 13 heteroatoms. The molecule has 12 nitrogen and oxygen atoms in total. The number of benzene rings is 1. The minimum absolute atomic E-state index is 0.233. The molecule has 5 atom stereocenters. The normalized spacial score (nSPS) is 20.0. The molecule has 3 aromatic rings. The Hall–Kier alpha value is -3.05. The molecule has 4 rings (SSSR count). The molecule has 1 fully saturated rings. The van der Waals surface area contributed by atoms with Crippen LogP contribution in [-0.2, 0) is 25.4 Å². The highest BCUT2D eigenvalue weighted by Gasteiger charge is 2.32. The van der Waals surface area contributed by atoms with Crippen LogP contribution in [0.25, 0.3) is 11.2 Å². The van der Waals surface area contributed by atoms with Gasteiger partial charge in [0.25, 0.3) is 0 Å². The first-order valence-corrected chi connectivity index (χ1v) is 16.0. The Morgan fingerprint density at radius 1 is 1.15 bits per heavy atom. The summed E-state index contributed by atoms with van der Waals surface area (Å²) in [5.41, 5.74) is 6.99. The van der Waals surface area contributed by atoms with Crippen LogP contribution >= 0.6 is 7.52 Å². The highest BCUT2D eigenvalue weighted by atomic mass is 31.2. The molecule has 2 heterocycles. The van der Waals surface area contributed by atoms with Crippen LogP contribution in [0.15, 0.2) is 43.0 Å². The highest BCUT2D eigenvalue weighted by Crippen LogP contribution is 2.44. The van der Waals surface area contributed by atoms with E-state index in [0.717, 1.165) is 19.4 Å². The summed E-state index contributed by atoms with van der Waals surface area (Å²) in [7, 11) is -1.91. The minimum atomic E-state index is -3.64. The molecule has 1 aliphatic rings. The van der Waals surface area contributed by atoms with Crippen LogP contribution in [0, 0.1) is 11.8 Å². The van der Waals surface area contributed by atoms with Crippen molar-refractivity contribution in [2.45, 2.75) is 64.6 Å². The maximum Gasteiger partial charge on any atom is 0.342 e. The fraction of sp³-hybridized carbons (Fsp3) is 0.571. The first kappa shape index (κ1) is 30.9. The van der Waals surface area contributed by atoms with E-state index in [2.05, 4.69) is 25.4 Å². The molecule has 224 valence electrons. The molecule has 0 spiro atoms. The highest BCUT2D eigenvalue weighted by molar-refractivity contribution is 7.57. The van der Waals surface area contributed by atoms with E-state index in [1.165, 1.54) is 25.6 Å². The van der Waals surface area contributed by atoms with Gasteiger partial charge in [0.05, 0.1) is 25.0 Å². The van der Waals surface area contributed by atoms with Crippen molar-refractivity contribution in [1.82, 2.24) is 29.9 Å². The van der Waals surface area contributed by atoms with Gasteiger partial charge in [0, 0.05) is 20.3 Å². The van der Waals surface area contributed by atoms with Gasteiger partial charge >= 0.3 is 7.52 Å². The van der Waals surface area contributed by atoms with Crippen molar-refractivity contribution in [2.24, 2.45) is 11.8 Å². The number of hydrogen-bond donors (Lipinski definition) is 3. The van der Waals surface area contributed by atoms with Crippen molar-refractivity contribution in [1.29, 1.82) is 0 Å². The van der Waals surface area contributed by atoms with Crippen LogP contribution in [0.2, 0.25) is 0 Å². The number of amides is 1. The van der Waals surface area contributed by atoms with Crippen LogP contribution in [0.3, 0.4) is 0 Å². The largest absolute Gasteiger partial charge is 0.431 e. The Kier molecular flexibility index (Phi) is 11.1. The standard InChI is InChI=1S/C28H42N7O5P/c1-20(16-35-18-33-25-26(29)31-17-32-27(25)35)39-19-41(37,40-24-10-5-4-6-11-24)34-21(2)28(36)30-14-12-22-8-7-9-23(22)13-15-38-3/h4-6,10-11,17-18,20-23H,7-9,12-16,19H2,1-3H3,(H,30,36)(H,34,37)(H2,29,31,32)/t20-,21+,22?,23?,41?/m1/s1. The number of ether oxygens (including phenoxy) is 2. The number of nitrogens with zero attached hydrogens (tertiary/aromatic N) is 4.